The topological polar surface area (TPSA) is 116 Å². The SMILES string of the molecule is O=c1c(Cc2cccc([N+](=O)[O-])c2)c(O)n(Cc2ccco2)c2nc3ccccc3n12. The van der Waals surface area contributed by atoms with Gasteiger partial charge in [0, 0.05) is 18.6 Å². The minimum atomic E-state index is -0.495. The van der Waals surface area contributed by atoms with Crippen LogP contribution in [0.1, 0.15) is 16.9 Å². The Bertz CT molecular complexity index is 1500. The highest BCUT2D eigenvalue weighted by Gasteiger charge is 2.21. The van der Waals surface area contributed by atoms with Crippen LogP contribution in [0.4, 0.5) is 5.69 Å². The molecule has 0 aliphatic carbocycles. The number of benzene rings is 2. The van der Waals surface area contributed by atoms with E-state index in [1.165, 1.54) is 27.4 Å². The molecule has 0 saturated heterocycles. The van der Waals surface area contributed by atoms with Crippen LogP contribution < -0.4 is 5.56 Å². The number of non-ortho nitro benzene ring substituents is 1. The summed E-state index contributed by atoms with van der Waals surface area (Å²) in [6, 6.07) is 16.7. The molecule has 154 valence electrons. The van der Waals surface area contributed by atoms with Crippen molar-refractivity contribution in [1.82, 2.24) is 14.0 Å². The van der Waals surface area contributed by atoms with Gasteiger partial charge in [0.1, 0.15) is 5.76 Å². The highest BCUT2D eigenvalue weighted by Crippen LogP contribution is 2.25. The van der Waals surface area contributed by atoms with Crippen molar-refractivity contribution in [2.75, 3.05) is 0 Å². The molecular formula is C22H16N4O5. The second-order valence-electron chi connectivity index (χ2n) is 7.11. The van der Waals surface area contributed by atoms with Crippen molar-refractivity contribution in [3.05, 3.63) is 104 Å². The molecule has 0 spiro atoms. The van der Waals surface area contributed by atoms with Gasteiger partial charge in [-0.05, 0) is 29.8 Å². The number of hydrogen-bond donors (Lipinski definition) is 1. The first-order chi connectivity index (χ1) is 15.0. The number of furan rings is 1. The van der Waals surface area contributed by atoms with Gasteiger partial charge in [-0.25, -0.2) is 9.38 Å². The van der Waals surface area contributed by atoms with Gasteiger partial charge in [-0.2, -0.15) is 0 Å². The number of fused-ring (bicyclic) bond motifs is 3. The van der Waals surface area contributed by atoms with Gasteiger partial charge in [0.15, 0.2) is 0 Å². The molecule has 0 unspecified atom stereocenters. The first kappa shape index (κ1) is 18.6. The summed E-state index contributed by atoms with van der Waals surface area (Å²) in [5.74, 6) is 0.604. The minimum absolute atomic E-state index is 0.0208. The minimum Gasteiger partial charge on any atom is -0.494 e. The summed E-state index contributed by atoms with van der Waals surface area (Å²) in [6.07, 6.45) is 1.55. The van der Waals surface area contributed by atoms with Crippen molar-refractivity contribution in [3.63, 3.8) is 0 Å². The zero-order valence-corrected chi connectivity index (χ0v) is 16.1. The fraction of sp³-hybridized carbons (Fsp3) is 0.0909. The maximum Gasteiger partial charge on any atom is 0.269 e. The summed E-state index contributed by atoms with van der Waals surface area (Å²) >= 11 is 0. The number of nitro groups is 1. The van der Waals surface area contributed by atoms with E-state index >= 15 is 0 Å². The Hall–Kier alpha value is -4.40. The lowest BCUT2D eigenvalue weighted by Crippen LogP contribution is -2.23. The Morgan fingerprint density at radius 2 is 1.94 bits per heavy atom. The van der Waals surface area contributed by atoms with Crippen molar-refractivity contribution >= 4 is 22.5 Å². The van der Waals surface area contributed by atoms with E-state index in [1.807, 2.05) is 6.07 Å². The van der Waals surface area contributed by atoms with Crippen LogP contribution in [-0.4, -0.2) is 24.0 Å². The Kier molecular flexibility index (Phi) is 4.28. The predicted molar refractivity (Wildman–Crippen MR) is 112 cm³/mol. The Morgan fingerprint density at radius 3 is 2.71 bits per heavy atom. The van der Waals surface area contributed by atoms with E-state index in [-0.39, 0.29) is 35.9 Å². The van der Waals surface area contributed by atoms with Gasteiger partial charge in [-0.3, -0.25) is 19.5 Å². The van der Waals surface area contributed by atoms with Gasteiger partial charge in [0.25, 0.3) is 11.2 Å². The molecule has 9 nitrogen and oxygen atoms in total. The zero-order valence-electron chi connectivity index (χ0n) is 16.1. The van der Waals surface area contributed by atoms with Crippen molar-refractivity contribution in [2.45, 2.75) is 13.0 Å². The normalized spacial score (nSPS) is 11.4. The third-order valence-electron chi connectivity index (χ3n) is 5.17. The number of rotatable bonds is 5. The summed E-state index contributed by atoms with van der Waals surface area (Å²) in [5, 5.41) is 22.2. The summed E-state index contributed by atoms with van der Waals surface area (Å²) < 4.78 is 8.38. The molecule has 3 heterocycles. The predicted octanol–water partition coefficient (Wildman–Crippen LogP) is 3.50. The van der Waals surface area contributed by atoms with Crippen molar-refractivity contribution in [2.24, 2.45) is 0 Å². The van der Waals surface area contributed by atoms with Crippen molar-refractivity contribution in [1.29, 1.82) is 0 Å². The number of nitro benzene ring substituents is 1. The summed E-state index contributed by atoms with van der Waals surface area (Å²) in [5.41, 5.74) is 1.36. The standard InChI is InChI=1S/C22H16N4O5/c27-20-17(12-14-5-3-6-15(11-14)26(29)30)21(28)25-19-9-2-1-8-18(19)23-22(25)24(20)13-16-7-4-10-31-16/h1-11,27H,12-13H2. The van der Waals surface area contributed by atoms with Crippen molar-refractivity contribution in [3.8, 4) is 5.88 Å². The van der Waals surface area contributed by atoms with Crippen LogP contribution in [0.3, 0.4) is 0 Å². The molecule has 0 atom stereocenters. The van der Waals surface area contributed by atoms with Crippen LogP contribution in [-0.2, 0) is 13.0 Å². The van der Waals surface area contributed by atoms with Crippen molar-refractivity contribution < 1.29 is 14.4 Å². The molecule has 5 aromatic rings. The Balaban J connectivity index is 1.76. The van der Waals surface area contributed by atoms with Gasteiger partial charge >= 0.3 is 0 Å². The number of imidazole rings is 1. The third-order valence-corrected chi connectivity index (χ3v) is 5.17. The summed E-state index contributed by atoms with van der Waals surface area (Å²) in [6.45, 7) is 0.161. The molecule has 0 radical (unpaired) electrons. The van der Waals surface area contributed by atoms with Gasteiger partial charge < -0.3 is 9.52 Å². The van der Waals surface area contributed by atoms with E-state index in [1.54, 1.807) is 42.5 Å². The zero-order chi connectivity index (χ0) is 21.5. The third kappa shape index (κ3) is 3.12. The lowest BCUT2D eigenvalue weighted by Gasteiger charge is -2.14. The molecule has 9 heteroatoms. The second kappa shape index (κ2) is 7.13. The number of aromatic hydroxyl groups is 1. The molecule has 31 heavy (non-hydrogen) atoms. The highest BCUT2D eigenvalue weighted by molar-refractivity contribution is 5.79. The highest BCUT2D eigenvalue weighted by atomic mass is 16.6. The molecule has 0 aliphatic heterocycles. The second-order valence-corrected chi connectivity index (χ2v) is 7.11. The van der Waals surface area contributed by atoms with E-state index in [2.05, 4.69) is 4.98 Å². The summed E-state index contributed by atoms with van der Waals surface area (Å²) in [7, 11) is 0. The van der Waals surface area contributed by atoms with Gasteiger partial charge in [0.05, 0.1) is 34.3 Å². The quantitative estimate of drug-likeness (QED) is 0.346. The average molecular weight is 416 g/mol. The van der Waals surface area contributed by atoms with Crippen LogP contribution in [0.5, 0.6) is 5.88 Å². The van der Waals surface area contributed by atoms with Crippen LogP contribution in [0.15, 0.2) is 76.1 Å². The van der Waals surface area contributed by atoms with E-state index < -0.39 is 10.5 Å². The fourth-order valence-corrected chi connectivity index (χ4v) is 3.73. The van der Waals surface area contributed by atoms with Gasteiger partial charge in [0.2, 0.25) is 11.7 Å². The molecule has 0 saturated carbocycles. The maximum absolute atomic E-state index is 13.4. The first-order valence-corrected chi connectivity index (χ1v) is 9.50. The monoisotopic (exact) mass is 416 g/mol. The van der Waals surface area contributed by atoms with Crippen LogP contribution in [0.25, 0.3) is 16.8 Å². The van der Waals surface area contributed by atoms with E-state index in [4.69, 9.17) is 4.42 Å². The molecule has 2 aromatic carbocycles. The summed E-state index contributed by atoms with van der Waals surface area (Å²) in [4.78, 5) is 28.6. The molecule has 3 aromatic heterocycles. The molecule has 0 fully saturated rings. The molecule has 5 rings (SSSR count). The number of hydrogen-bond acceptors (Lipinski definition) is 6. The number of aromatic nitrogens is 3. The molecular weight excluding hydrogens is 400 g/mol. The van der Waals surface area contributed by atoms with Gasteiger partial charge in [-0.15, -0.1) is 0 Å². The van der Waals surface area contributed by atoms with Crippen LogP contribution in [0, 0.1) is 10.1 Å². The molecule has 0 amide bonds. The number of nitrogens with zero attached hydrogens (tertiary/aromatic N) is 4. The lowest BCUT2D eigenvalue weighted by atomic mass is 10.1. The number of para-hydroxylation sites is 2. The van der Waals surface area contributed by atoms with E-state index in [9.17, 15) is 20.0 Å². The van der Waals surface area contributed by atoms with E-state index in [0.29, 0.717) is 22.4 Å². The van der Waals surface area contributed by atoms with Gasteiger partial charge in [-0.1, -0.05) is 24.3 Å². The molecule has 0 aliphatic rings. The Morgan fingerprint density at radius 1 is 1.10 bits per heavy atom. The molecule has 0 bridgehead atoms. The first-order valence-electron chi connectivity index (χ1n) is 9.50. The molecule has 1 N–H and O–H groups in total. The fourth-order valence-electron chi connectivity index (χ4n) is 3.73. The van der Waals surface area contributed by atoms with Crippen LogP contribution >= 0.6 is 0 Å². The largest absolute Gasteiger partial charge is 0.494 e. The van der Waals surface area contributed by atoms with E-state index in [0.717, 1.165) is 0 Å². The smallest absolute Gasteiger partial charge is 0.269 e. The Labute approximate surface area is 174 Å². The maximum atomic E-state index is 13.4. The lowest BCUT2D eigenvalue weighted by molar-refractivity contribution is -0.384. The average Bonchev–Trinajstić information content (AvgIpc) is 3.42. The van der Waals surface area contributed by atoms with Crippen LogP contribution in [0.2, 0.25) is 0 Å².